The van der Waals surface area contributed by atoms with E-state index in [1.807, 2.05) is 0 Å². The highest BCUT2D eigenvalue weighted by molar-refractivity contribution is 5.75. The maximum Gasteiger partial charge on any atom is 0.325 e. The maximum atomic E-state index is 11.5. The number of halogens is 1. The molecule has 0 bridgehead atoms. The summed E-state index contributed by atoms with van der Waals surface area (Å²) >= 11 is 0. The lowest BCUT2D eigenvalue weighted by atomic mass is 10.4. The molecular weight excluding hydrogens is 125 g/mol. The molecule has 0 aliphatic carbocycles. The molecule has 0 heterocycles. The highest BCUT2D eigenvalue weighted by atomic mass is 19.1. The molecule has 0 aromatic rings. The molecule has 0 aromatic heterocycles. The summed E-state index contributed by atoms with van der Waals surface area (Å²) in [5, 5.41) is 0. The summed E-state index contributed by atoms with van der Waals surface area (Å²) in [6, 6.07) is -1.11. The van der Waals surface area contributed by atoms with Gasteiger partial charge < -0.3 is 10.5 Å². The maximum absolute atomic E-state index is 11.5. The van der Waals surface area contributed by atoms with Crippen molar-refractivity contribution in [3.8, 4) is 0 Å². The lowest BCUT2D eigenvalue weighted by molar-refractivity contribution is -0.145. The average molecular weight is 135 g/mol. The highest BCUT2D eigenvalue weighted by Gasteiger charge is 2.12. The van der Waals surface area contributed by atoms with Crippen LogP contribution in [0.3, 0.4) is 0 Å². The van der Waals surface area contributed by atoms with Gasteiger partial charge in [0.2, 0.25) is 0 Å². The lowest BCUT2D eigenvalue weighted by Crippen LogP contribution is -2.34. The van der Waals surface area contributed by atoms with Gasteiger partial charge in [-0.1, -0.05) is 0 Å². The van der Waals surface area contributed by atoms with Gasteiger partial charge in [-0.3, -0.25) is 4.79 Å². The fourth-order valence-corrected chi connectivity index (χ4v) is 0.312. The molecular formula is C5H10FNO2. The van der Waals surface area contributed by atoms with E-state index in [1.54, 1.807) is 6.92 Å². The first-order chi connectivity index (χ1) is 4.22. The fraction of sp³-hybridized carbons (Fsp3) is 0.800. The van der Waals surface area contributed by atoms with E-state index in [4.69, 9.17) is 5.73 Å². The molecule has 2 N–H and O–H groups in total. The zero-order valence-corrected chi connectivity index (χ0v) is 5.26. The Morgan fingerprint density at radius 3 is 2.78 bits per heavy atom. The molecule has 0 saturated heterocycles. The zero-order valence-electron chi connectivity index (χ0n) is 5.26. The molecule has 1 atom stereocenters. The van der Waals surface area contributed by atoms with Gasteiger partial charge in [0.05, 0.1) is 6.61 Å². The Balaban J connectivity index is 3.46. The van der Waals surface area contributed by atoms with Gasteiger partial charge in [0, 0.05) is 0 Å². The van der Waals surface area contributed by atoms with Gasteiger partial charge in [0.15, 0.2) is 0 Å². The Morgan fingerprint density at radius 1 is 1.89 bits per heavy atom. The zero-order chi connectivity index (χ0) is 7.28. The van der Waals surface area contributed by atoms with Crippen LogP contribution in [0.25, 0.3) is 0 Å². The minimum absolute atomic E-state index is 0.243. The second-order valence-corrected chi connectivity index (χ2v) is 1.51. The van der Waals surface area contributed by atoms with Gasteiger partial charge in [0.25, 0.3) is 0 Å². The van der Waals surface area contributed by atoms with E-state index in [1.165, 1.54) is 0 Å². The summed E-state index contributed by atoms with van der Waals surface area (Å²) in [5.41, 5.74) is 4.95. The fourth-order valence-electron chi connectivity index (χ4n) is 0.312. The van der Waals surface area contributed by atoms with Crippen molar-refractivity contribution in [1.82, 2.24) is 0 Å². The molecule has 4 heteroatoms. The number of alkyl halides is 1. The second-order valence-electron chi connectivity index (χ2n) is 1.51. The van der Waals surface area contributed by atoms with Crippen molar-refractivity contribution in [2.75, 3.05) is 13.3 Å². The summed E-state index contributed by atoms with van der Waals surface area (Å²) in [6.07, 6.45) is 0. The van der Waals surface area contributed by atoms with E-state index in [2.05, 4.69) is 4.74 Å². The minimum atomic E-state index is -1.11. The van der Waals surface area contributed by atoms with Crippen LogP contribution in [0, 0.1) is 0 Å². The topological polar surface area (TPSA) is 52.3 Å². The third-order valence-electron chi connectivity index (χ3n) is 0.756. The Hall–Kier alpha value is -0.640. The Morgan fingerprint density at radius 2 is 2.44 bits per heavy atom. The van der Waals surface area contributed by atoms with E-state index in [0.717, 1.165) is 0 Å². The van der Waals surface area contributed by atoms with Gasteiger partial charge in [-0.2, -0.15) is 0 Å². The largest absolute Gasteiger partial charge is 0.465 e. The smallest absolute Gasteiger partial charge is 0.325 e. The van der Waals surface area contributed by atoms with Gasteiger partial charge in [-0.15, -0.1) is 0 Å². The number of esters is 1. The van der Waals surface area contributed by atoms with Gasteiger partial charge in [-0.25, -0.2) is 4.39 Å². The van der Waals surface area contributed by atoms with Crippen LogP contribution in [0.2, 0.25) is 0 Å². The first kappa shape index (κ1) is 8.36. The standard InChI is InChI=1S/C5H10FNO2/c1-2-9-5(8)4(7)3-6/h4H,2-3,7H2,1H3/t4-/m0/s1. The molecule has 3 nitrogen and oxygen atoms in total. The quantitative estimate of drug-likeness (QED) is 0.547. The van der Waals surface area contributed by atoms with Gasteiger partial charge in [-0.05, 0) is 6.92 Å². The van der Waals surface area contributed by atoms with Crippen LogP contribution in [-0.2, 0) is 9.53 Å². The predicted octanol–water partition coefficient (Wildman–Crippen LogP) is -0.154. The molecule has 0 saturated carbocycles. The summed E-state index contributed by atoms with van der Waals surface area (Å²) in [6.45, 7) is 1.02. The molecule has 0 fully saturated rings. The van der Waals surface area contributed by atoms with Crippen LogP contribution in [0.4, 0.5) is 4.39 Å². The third-order valence-corrected chi connectivity index (χ3v) is 0.756. The molecule has 0 spiro atoms. The molecule has 0 rings (SSSR count). The van der Waals surface area contributed by atoms with E-state index in [9.17, 15) is 9.18 Å². The van der Waals surface area contributed by atoms with Crippen molar-refractivity contribution in [2.45, 2.75) is 13.0 Å². The van der Waals surface area contributed by atoms with Gasteiger partial charge in [0.1, 0.15) is 12.7 Å². The number of carbonyl (C=O) groups is 1. The molecule has 0 aromatic carbocycles. The first-order valence-electron chi connectivity index (χ1n) is 2.70. The van der Waals surface area contributed by atoms with Crippen LogP contribution in [0.15, 0.2) is 0 Å². The van der Waals surface area contributed by atoms with Crippen molar-refractivity contribution >= 4 is 5.97 Å². The molecule has 54 valence electrons. The van der Waals surface area contributed by atoms with Crippen LogP contribution >= 0.6 is 0 Å². The van der Waals surface area contributed by atoms with Crippen LogP contribution < -0.4 is 5.73 Å². The number of ether oxygens (including phenoxy) is 1. The average Bonchev–Trinajstić information content (AvgIpc) is 1.87. The van der Waals surface area contributed by atoms with Crippen LogP contribution in [-0.4, -0.2) is 25.3 Å². The normalized spacial score (nSPS) is 12.8. The number of carbonyl (C=O) groups excluding carboxylic acids is 1. The third kappa shape index (κ3) is 3.03. The molecule has 9 heavy (non-hydrogen) atoms. The molecule has 0 unspecified atom stereocenters. The summed E-state index contributed by atoms with van der Waals surface area (Å²) in [7, 11) is 0. The monoisotopic (exact) mass is 135 g/mol. The predicted molar refractivity (Wildman–Crippen MR) is 30.6 cm³/mol. The van der Waals surface area contributed by atoms with Crippen molar-refractivity contribution < 1.29 is 13.9 Å². The first-order valence-corrected chi connectivity index (χ1v) is 2.70. The van der Waals surface area contributed by atoms with Gasteiger partial charge >= 0.3 is 5.97 Å². The van der Waals surface area contributed by atoms with Crippen molar-refractivity contribution in [1.29, 1.82) is 0 Å². The number of rotatable bonds is 3. The van der Waals surface area contributed by atoms with Crippen LogP contribution in [0.1, 0.15) is 6.92 Å². The SMILES string of the molecule is CCOC(=O)[C@@H](N)CF. The summed E-state index contributed by atoms with van der Waals surface area (Å²) in [4.78, 5) is 10.4. The van der Waals surface area contributed by atoms with Crippen LogP contribution in [0.5, 0.6) is 0 Å². The minimum Gasteiger partial charge on any atom is -0.465 e. The van der Waals surface area contributed by atoms with E-state index >= 15 is 0 Å². The molecule has 0 radical (unpaired) electrons. The Kier molecular flexibility index (Phi) is 3.96. The van der Waals surface area contributed by atoms with Crippen molar-refractivity contribution in [2.24, 2.45) is 5.73 Å². The van der Waals surface area contributed by atoms with Crippen molar-refractivity contribution in [3.05, 3.63) is 0 Å². The summed E-state index contributed by atoms with van der Waals surface area (Å²) in [5.74, 6) is -0.681. The molecule has 0 amide bonds. The second kappa shape index (κ2) is 4.26. The number of hydrogen-bond acceptors (Lipinski definition) is 3. The highest BCUT2D eigenvalue weighted by Crippen LogP contribution is 1.85. The van der Waals surface area contributed by atoms with E-state index < -0.39 is 18.7 Å². The molecule has 0 aliphatic heterocycles. The number of hydrogen-bond donors (Lipinski definition) is 1. The van der Waals surface area contributed by atoms with E-state index in [0.29, 0.717) is 0 Å². The van der Waals surface area contributed by atoms with E-state index in [-0.39, 0.29) is 6.61 Å². The lowest BCUT2D eigenvalue weighted by Gasteiger charge is -2.04. The summed E-state index contributed by atoms with van der Waals surface area (Å²) < 4.78 is 15.9. The van der Waals surface area contributed by atoms with Crippen molar-refractivity contribution in [3.63, 3.8) is 0 Å². The number of nitrogens with two attached hydrogens (primary N) is 1. The Bertz CT molecular complexity index is 97.0. The Labute approximate surface area is 53.0 Å². The molecule has 0 aliphatic rings.